The molecule has 0 radical (unpaired) electrons. The summed E-state index contributed by atoms with van der Waals surface area (Å²) in [5.74, 6) is 0.0892. The number of nitrogens with zero attached hydrogens (tertiary/aromatic N) is 2. The molecule has 1 aliphatic rings. The Labute approximate surface area is 109 Å². The van der Waals surface area contributed by atoms with E-state index in [1.54, 1.807) is 11.0 Å². The number of carbonyl (C=O) groups is 2. The molecule has 0 aromatic heterocycles. The molecule has 102 valence electrons. The van der Waals surface area contributed by atoms with Gasteiger partial charge in [-0.25, -0.2) is 4.79 Å². The van der Waals surface area contributed by atoms with E-state index in [1.807, 2.05) is 18.7 Å². The number of carbonyl (C=O) groups excluding carboxylic acids is 2. The van der Waals surface area contributed by atoms with Crippen molar-refractivity contribution in [1.82, 2.24) is 9.80 Å². The lowest BCUT2D eigenvalue weighted by molar-refractivity contribution is -0.138. The fourth-order valence-corrected chi connectivity index (χ4v) is 2.09. The SMILES string of the molecule is C=CC(C)(CC)C(=O)N1CCCN(C(N)=O)CC1. The largest absolute Gasteiger partial charge is 0.351 e. The maximum Gasteiger partial charge on any atom is 0.314 e. The molecule has 0 spiro atoms. The Balaban J connectivity index is 2.71. The van der Waals surface area contributed by atoms with Gasteiger partial charge in [-0.1, -0.05) is 13.0 Å². The summed E-state index contributed by atoms with van der Waals surface area (Å²) in [6, 6.07) is -0.411. The van der Waals surface area contributed by atoms with E-state index in [4.69, 9.17) is 5.73 Å². The van der Waals surface area contributed by atoms with Crippen LogP contribution in [-0.4, -0.2) is 47.9 Å². The van der Waals surface area contributed by atoms with Crippen molar-refractivity contribution >= 4 is 11.9 Å². The minimum absolute atomic E-state index is 0.0892. The van der Waals surface area contributed by atoms with Crippen molar-refractivity contribution in [2.24, 2.45) is 11.1 Å². The van der Waals surface area contributed by atoms with Gasteiger partial charge in [0.15, 0.2) is 0 Å². The van der Waals surface area contributed by atoms with Gasteiger partial charge < -0.3 is 15.5 Å². The van der Waals surface area contributed by atoms with Crippen LogP contribution in [0.15, 0.2) is 12.7 Å². The van der Waals surface area contributed by atoms with E-state index in [0.29, 0.717) is 26.2 Å². The highest BCUT2D eigenvalue weighted by Gasteiger charge is 2.33. The zero-order valence-electron chi connectivity index (χ0n) is 11.3. The summed E-state index contributed by atoms with van der Waals surface area (Å²) in [5.41, 5.74) is 4.75. The predicted octanol–water partition coefficient (Wildman–Crippen LogP) is 1.20. The van der Waals surface area contributed by atoms with Gasteiger partial charge in [0, 0.05) is 26.2 Å². The summed E-state index contributed by atoms with van der Waals surface area (Å²) in [6.45, 7) is 9.99. The Bertz CT molecular complexity index is 343. The van der Waals surface area contributed by atoms with Crippen molar-refractivity contribution in [3.8, 4) is 0 Å². The van der Waals surface area contributed by atoms with Crippen LogP contribution >= 0.6 is 0 Å². The third-order valence-corrected chi connectivity index (χ3v) is 3.77. The highest BCUT2D eigenvalue weighted by molar-refractivity contribution is 5.84. The van der Waals surface area contributed by atoms with E-state index in [-0.39, 0.29) is 5.91 Å². The van der Waals surface area contributed by atoms with Crippen molar-refractivity contribution in [3.63, 3.8) is 0 Å². The molecular weight excluding hydrogens is 230 g/mol. The quantitative estimate of drug-likeness (QED) is 0.768. The van der Waals surface area contributed by atoms with Gasteiger partial charge in [-0.3, -0.25) is 4.79 Å². The number of hydrogen-bond donors (Lipinski definition) is 1. The Morgan fingerprint density at radius 2 is 1.83 bits per heavy atom. The molecule has 0 aliphatic carbocycles. The van der Waals surface area contributed by atoms with Gasteiger partial charge in [-0.05, 0) is 19.8 Å². The lowest BCUT2D eigenvalue weighted by atomic mass is 9.86. The Kier molecular flexibility index (Phi) is 4.76. The molecule has 0 bridgehead atoms. The standard InChI is InChI=1S/C13H23N3O2/c1-4-13(3,5-2)11(17)15-7-6-8-16(10-9-15)12(14)18/h4H,1,5-10H2,2-3H3,(H2,14,18). The number of amides is 3. The highest BCUT2D eigenvalue weighted by atomic mass is 16.2. The van der Waals surface area contributed by atoms with E-state index in [9.17, 15) is 9.59 Å². The molecule has 5 heteroatoms. The van der Waals surface area contributed by atoms with Crippen molar-refractivity contribution in [2.75, 3.05) is 26.2 Å². The number of hydrogen-bond acceptors (Lipinski definition) is 2. The van der Waals surface area contributed by atoms with E-state index < -0.39 is 11.4 Å². The zero-order chi connectivity index (χ0) is 13.8. The summed E-state index contributed by atoms with van der Waals surface area (Å²) in [4.78, 5) is 27.0. The Hall–Kier alpha value is -1.52. The van der Waals surface area contributed by atoms with Gasteiger partial charge in [0.1, 0.15) is 0 Å². The molecule has 3 amide bonds. The van der Waals surface area contributed by atoms with Gasteiger partial charge in [0.05, 0.1) is 5.41 Å². The minimum Gasteiger partial charge on any atom is -0.351 e. The molecule has 0 aromatic rings. The first-order valence-corrected chi connectivity index (χ1v) is 6.42. The molecule has 1 rings (SSSR count). The monoisotopic (exact) mass is 253 g/mol. The summed E-state index contributed by atoms with van der Waals surface area (Å²) >= 11 is 0. The second-order valence-electron chi connectivity index (χ2n) is 4.95. The number of urea groups is 1. The topological polar surface area (TPSA) is 66.6 Å². The van der Waals surface area contributed by atoms with Crippen molar-refractivity contribution < 1.29 is 9.59 Å². The maximum atomic E-state index is 12.4. The van der Waals surface area contributed by atoms with E-state index >= 15 is 0 Å². The Morgan fingerprint density at radius 3 is 2.33 bits per heavy atom. The maximum absolute atomic E-state index is 12.4. The Morgan fingerprint density at radius 1 is 1.28 bits per heavy atom. The normalized spacial score (nSPS) is 19.9. The van der Waals surface area contributed by atoms with Crippen LogP contribution in [0.25, 0.3) is 0 Å². The van der Waals surface area contributed by atoms with Crippen LogP contribution in [-0.2, 0) is 4.79 Å². The smallest absolute Gasteiger partial charge is 0.314 e. The van der Waals surface area contributed by atoms with E-state index in [1.165, 1.54) is 0 Å². The molecule has 1 atom stereocenters. The minimum atomic E-state index is -0.512. The second kappa shape index (κ2) is 5.89. The third kappa shape index (κ3) is 3.03. The van der Waals surface area contributed by atoms with E-state index in [0.717, 1.165) is 12.8 Å². The van der Waals surface area contributed by atoms with Crippen LogP contribution in [0.2, 0.25) is 0 Å². The average molecular weight is 253 g/mol. The summed E-state index contributed by atoms with van der Waals surface area (Å²) in [5, 5.41) is 0. The van der Waals surface area contributed by atoms with Gasteiger partial charge in [-0.2, -0.15) is 0 Å². The molecule has 5 nitrogen and oxygen atoms in total. The number of rotatable bonds is 3. The van der Waals surface area contributed by atoms with Crippen LogP contribution < -0.4 is 5.73 Å². The molecule has 0 aromatic carbocycles. The van der Waals surface area contributed by atoms with Crippen LogP contribution in [0.4, 0.5) is 4.79 Å². The van der Waals surface area contributed by atoms with Crippen LogP contribution in [0.5, 0.6) is 0 Å². The van der Waals surface area contributed by atoms with Gasteiger partial charge >= 0.3 is 6.03 Å². The molecule has 1 fully saturated rings. The lowest BCUT2D eigenvalue weighted by Gasteiger charge is -2.31. The molecule has 1 aliphatic heterocycles. The number of nitrogens with two attached hydrogens (primary N) is 1. The fraction of sp³-hybridized carbons (Fsp3) is 0.692. The molecule has 1 heterocycles. The lowest BCUT2D eigenvalue weighted by Crippen LogP contribution is -2.44. The summed E-state index contributed by atoms with van der Waals surface area (Å²) in [7, 11) is 0. The van der Waals surface area contributed by atoms with Crippen LogP contribution in [0, 0.1) is 5.41 Å². The molecule has 2 N–H and O–H groups in total. The molecular formula is C13H23N3O2. The van der Waals surface area contributed by atoms with Crippen molar-refractivity contribution in [3.05, 3.63) is 12.7 Å². The first kappa shape index (κ1) is 14.5. The summed E-state index contributed by atoms with van der Waals surface area (Å²) in [6.07, 6.45) is 3.21. The molecule has 18 heavy (non-hydrogen) atoms. The first-order valence-electron chi connectivity index (χ1n) is 6.42. The van der Waals surface area contributed by atoms with Gasteiger partial charge in [0.2, 0.25) is 5.91 Å². The van der Waals surface area contributed by atoms with Crippen LogP contribution in [0.1, 0.15) is 26.7 Å². The van der Waals surface area contributed by atoms with Crippen molar-refractivity contribution in [1.29, 1.82) is 0 Å². The van der Waals surface area contributed by atoms with Gasteiger partial charge in [0.25, 0.3) is 0 Å². The summed E-state index contributed by atoms with van der Waals surface area (Å²) < 4.78 is 0. The third-order valence-electron chi connectivity index (χ3n) is 3.77. The molecule has 1 unspecified atom stereocenters. The predicted molar refractivity (Wildman–Crippen MR) is 70.9 cm³/mol. The first-order chi connectivity index (χ1) is 8.44. The zero-order valence-corrected chi connectivity index (χ0v) is 11.3. The fourth-order valence-electron chi connectivity index (χ4n) is 2.09. The van der Waals surface area contributed by atoms with Crippen molar-refractivity contribution in [2.45, 2.75) is 26.7 Å². The van der Waals surface area contributed by atoms with E-state index in [2.05, 4.69) is 6.58 Å². The average Bonchev–Trinajstić information content (AvgIpc) is 2.62. The highest BCUT2D eigenvalue weighted by Crippen LogP contribution is 2.25. The molecule has 0 saturated carbocycles. The van der Waals surface area contributed by atoms with Gasteiger partial charge in [-0.15, -0.1) is 6.58 Å². The second-order valence-corrected chi connectivity index (χ2v) is 4.95. The molecule has 1 saturated heterocycles. The number of primary amides is 1. The van der Waals surface area contributed by atoms with Crippen LogP contribution in [0.3, 0.4) is 0 Å².